The lowest BCUT2D eigenvalue weighted by Gasteiger charge is -2.06. The second-order valence-electron chi connectivity index (χ2n) is 3.00. The number of amides is 1. The summed E-state index contributed by atoms with van der Waals surface area (Å²) in [7, 11) is -1.81. The van der Waals surface area contributed by atoms with Crippen LogP contribution in [0.15, 0.2) is 24.3 Å². The van der Waals surface area contributed by atoms with Crippen LogP contribution in [-0.4, -0.2) is 23.3 Å². The summed E-state index contributed by atoms with van der Waals surface area (Å²) in [4.78, 5) is 10.6. The number of nitrogens with one attached hydrogen (secondary N) is 1. The smallest absolute Gasteiger partial charge is 0.512 e. The predicted molar refractivity (Wildman–Crippen MR) is 54.8 cm³/mol. The van der Waals surface area contributed by atoms with Gasteiger partial charge in [-0.2, -0.15) is 0 Å². The number of carbonyl (C=O) groups is 1. The molecular weight excluding hydrogens is 197 g/mol. The van der Waals surface area contributed by atoms with Gasteiger partial charge in [-0.15, -0.1) is 0 Å². The summed E-state index contributed by atoms with van der Waals surface area (Å²) in [5.74, 6) is 0.262. The zero-order chi connectivity index (χ0) is 11.3. The standard InChI is InChI=1S/C9H12BNO4/c1-7(12)11-6-8-2-4-9(5-3-8)15-10(13)14/h2-5,13-14H,6H2,1H3,(H,11,12). The summed E-state index contributed by atoms with van der Waals surface area (Å²) < 4.78 is 4.62. The summed E-state index contributed by atoms with van der Waals surface area (Å²) in [5.41, 5.74) is 0.907. The van der Waals surface area contributed by atoms with Gasteiger partial charge in [0.15, 0.2) is 0 Å². The highest BCUT2D eigenvalue weighted by Gasteiger charge is 2.10. The maximum Gasteiger partial charge on any atom is 0.707 e. The minimum absolute atomic E-state index is 0.0962. The van der Waals surface area contributed by atoms with E-state index in [0.29, 0.717) is 12.3 Å². The van der Waals surface area contributed by atoms with E-state index in [1.807, 2.05) is 0 Å². The van der Waals surface area contributed by atoms with Crippen LogP contribution in [0.1, 0.15) is 12.5 Å². The number of benzene rings is 1. The molecule has 0 aromatic heterocycles. The molecule has 1 rings (SSSR count). The zero-order valence-electron chi connectivity index (χ0n) is 8.30. The quantitative estimate of drug-likeness (QED) is 0.593. The highest BCUT2D eigenvalue weighted by atomic mass is 16.6. The van der Waals surface area contributed by atoms with E-state index in [2.05, 4.69) is 9.97 Å². The van der Waals surface area contributed by atoms with Crippen LogP contribution in [0.2, 0.25) is 0 Å². The number of rotatable bonds is 4. The number of hydrogen-bond acceptors (Lipinski definition) is 4. The topological polar surface area (TPSA) is 78.8 Å². The Morgan fingerprint density at radius 3 is 2.47 bits per heavy atom. The normalized spacial score (nSPS) is 9.53. The first-order valence-corrected chi connectivity index (χ1v) is 4.44. The van der Waals surface area contributed by atoms with Gasteiger partial charge in [0.1, 0.15) is 5.75 Å². The molecule has 0 heterocycles. The third-order valence-corrected chi connectivity index (χ3v) is 1.71. The molecule has 0 unspecified atom stereocenters. The molecule has 0 aliphatic heterocycles. The van der Waals surface area contributed by atoms with Gasteiger partial charge in [-0.3, -0.25) is 4.79 Å². The molecule has 1 aromatic rings. The second kappa shape index (κ2) is 5.38. The second-order valence-corrected chi connectivity index (χ2v) is 3.00. The summed E-state index contributed by atoms with van der Waals surface area (Å²) in [5, 5.41) is 19.7. The van der Waals surface area contributed by atoms with Gasteiger partial charge in [0.2, 0.25) is 5.91 Å². The van der Waals surface area contributed by atoms with Crippen LogP contribution in [0.4, 0.5) is 0 Å². The van der Waals surface area contributed by atoms with Crippen molar-refractivity contribution in [2.75, 3.05) is 0 Å². The molecule has 0 saturated heterocycles. The minimum atomic E-state index is -1.81. The Kier molecular flexibility index (Phi) is 4.14. The predicted octanol–water partition coefficient (Wildman–Crippen LogP) is -0.329. The average molecular weight is 209 g/mol. The zero-order valence-corrected chi connectivity index (χ0v) is 8.30. The molecule has 5 nitrogen and oxygen atoms in total. The van der Waals surface area contributed by atoms with Crippen LogP contribution in [0.5, 0.6) is 5.75 Å². The average Bonchev–Trinajstić information content (AvgIpc) is 2.16. The van der Waals surface area contributed by atoms with Crippen LogP contribution in [0.25, 0.3) is 0 Å². The van der Waals surface area contributed by atoms with Gasteiger partial charge in [-0.1, -0.05) is 12.1 Å². The Morgan fingerprint density at radius 1 is 1.40 bits per heavy atom. The molecule has 0 fully saturated rings. The SMILES string of the molecule is CC(=O)NCc1ccc(OB(O)O)cc1. The molecule has 1 amide bonds. The van der Waals surface area contributed by atoms with Crippen molar-refractivity contribution in [1.29, 1.82) is 0 Å². The molecule has 0 aliphatic carbocycles. The van der Waals surface area contributed by atoms with E-state index in [9.17, 15) is 4.79 Å². The van der Waals surface area contributed by atoms with Crippen LogP contribution in [-0.2, 0) is 11.3 Å². The molecule has 15 heavy (non-hydrogen) atoms. The molecule has 0 bridgehead atoms. The highest BCUT2D eigenvalue weighted by Crippen LogP contribution is 2.12. The summed E-state index contributed by atoms with van der Waals surface area (Å²) in [6.07, 6.45) is 0. The van der Waals surface area contributed by atoms with E-state index < -0.39 is 7.32 Å². The third kappa shape index (κ3) is 4.48. The van der Waals surface area contributed by atoms with Crippen molar-refractivity contribution in [3.05, 3.63) is 29.8 Å². The lowest BCUT2D eigenvalue weighted by atomic mass is 10.2. The maximum atomic E-state index is 10.6. The van der Waals surface area contributed by atoms with Crippen LogP contribution in [0, 0.1) is 0 Å². The van der Waals surface area contributed by atoms with Crippen molar-refractivity contribution in [3.63, 3.8) is 0 Å². The third-order valence-electron chi connectivity index (χ3n) is 1.71. The fourth-order valence-electron chi connectivity index (χ4n) is 1.03. The molecule has 0 spiro atoms. The highest BCUT2D eigenvalue weighted by molar-refractivity contribution is 6.33. The van der Waals surface area contributed by atoms with Gasteiger partial charge in [-0.05, 0) is 17.7 Å². The van der Waals surface area contributed by atoms with E-state index in [1.54, 1.807) is 24.3 Å². The van der Waals surface area contributed by atoms with Crippen molar-refractivity contribution in [1.82, 2.24) is 5.32 Å². The molecule has 1 aromatic carbocycles. The largest absolute Gasteiger partial charge is 0.707 e. The lowest BCUT2D eigenvalue weighted by molar-refractivity contribution is -0.119. The Labute approximate surface area is 87.9 Å². The molecule has 0 radical (unpaired) electrons. The maximum absolute atomic E-state index is 10.6. The van der Waals surface area contributed by atoms with Crippen LogP contribution >= 0.6 is 0 Å². The Hall–Kier alpha value is -1.53. The van der Waals surface area contributed by atoms with Crippen molar-refractivity contribution in [3.8, 4) is 5.75 Å². The molecule has 6 heteroatoms. The summed E-state index contributed by atoms with van der Waals surface area (Å²) in [6.45, 7) is 1.89. The molecule has 3 N–H and O–H groups in total. The number of carbonyl (C=O) groups excluding carboxylic acids is 1. The van der Waals surface area contributed by atoms with Gasteiger partial charge in [0.25, 0.3) is 0 Å². The van der Waals surface area contributed by atoms with E-state index in [1.165, 1.54) is 6.92 Å². The van der Waals surface area contributed by atoms with Gasteiger partial charge in [0.05, 0.1) is 0 Å². The van der Waals surface area contributed by atoms with Crippen molar-refractivity contribution < 1.29 is 19.5 Å². The molecule has 0 aliphatic rings. The Morgan fingerprint density at radius 2 is 2.00 bits per heavy atom. The first-order chi connectivity index (χ1) is 7.08. The van der Waals surface area contributed by atoms with Crippen LogP contribution in [0.3, 0.4) is 0 Å². The summed E-state index contributed by atoms with van der Waals surface area (Å²) >= 11 is 0. The van der Waals surface area contributed by atoms with Crippen molar-refractivity contribution >= 4 is 13.2 Å². The van der Waals surface area contributed by atoms with Gasteiger partial charge in [0, 0.05) is 13.5 Å². The fraction of sp³-hybridized carbons (Fsp3) is 0.222. The number of hydrogen-bond donors (Lipinski definition) is 3. The lowest BCUT2D eigenvalue weighted by Crippen LogP contribution is -2.21. The first kappa shape index (κ1) is 11.5. The fourth-order valence-corrected chi connectivity index (χ4v) is 1.03. The van der Waals surface area contributed by atoms with Gasteiger partial charge in [-0.25, -0.2) is 0 Å². The molecular formula is C9H12BNO4. The van der Waals surface area contributed by atoms with Crippen molar-refractivity contribution in [2.24, 2.45) is 0 Å². The monoisotopic (exact) mass is 209 g/mol. The van der Waals surface area contributed by atoms with E-state index in [-0.39, 0.29) is 5.91 Å². The Balaban J connectivity index is 2.52. The molecule has 80 valence electrons. The van der Waals surface area contributed by atoms with Gasteiger partial charge >= 0.3 is 7.32 Å². The van der Waals surface area contributed by atoms with E-state index >= 15 is 0 Å². The van der Waals surface area contributed by atoms with Crippen molar-refractivity contribution in [2.45, 2.75) is 13.5 Å². The van der Waals surface area contributed by atoms with E-state index in [4.69, 9.17) is 10.0 Å². The Bertz CT molecular complexity index is 325. The molecule has 0 saturated carbocycles. The van der Waals surface area contributed by atoms with Crippen LogP contribution < -0.4 is 9.97 Å². The molecule has 0 atom stereocenters. The minimum Gasteiger partial charge on any atom is -0.512 e. The van der Waals surface area contributed by atoms with Gasteiger partial charge < -0.3 is 20.0 Å². The van der Waals surface area contributed by atoms with E-state index in [0.717, 1.165) is 5.56 Å². The first-order valence-electron chi connectivity index (χ1n) is 4.44. The summed E-state index contributed by atoms with van der Waals surface area (Å²) in [6, 6.07) is 6.65.